The van der Waals surface area contributed by atoms with E-state index in [0.29, 0.717) is 32.8 Å². The number of ether oxygens (including phenoxy) is 2. The summed E-state index contributed by atoms with van der Waals surface area (Å²) in [5, 5.41) is 13.0. The Hall–Kier alpha value is -4.03. The molecule has 3 aromatic carbocycles. The molecule has 0 radical (unpaired) electrons. The Labute approximate surface area is 227 Å². The molecule has 3 aromatic rings. The van der Waals surface area contributed by atoms with Gasteiger partial charge in [0.05, 0.1) is 17.7 Å². The lowest BCUT2D eigenvalue weighted by atomic mass is 10.1. The molecule has 0 spiro atoms. The number of nitro benzene ring substituents is 1. The number of nitrogens with one attached hydrogen (secondary N) is 1. The van der Waals surface area contributed by atoms with Gasteiger partial charge in [0, 0.05) is 21.1 Å². The van der Waals surface area contributed by atoms with Crippen molar-refractivity contribution >= 4 is 67.2 Å². The maximum atomic E-state index is 13.1. The molecule has 12 heteroatoms. The van der Waals surface area contributed by atoms with Crippen molar-refractivity contribution in [2.24, 2.45) is 0 Å². The molecule has 0 aliphatic carbocycles. The summed E-state index contributed by atoms with van der Waals surface area (Å²) in [4.78, 5) is 49.3. The monoisotopic (exact) mass is 629 g/mol. The van der Waals surface area contributed by atoms with Crippen LogP contribution in [0.4, 0.5) is 16.2 Å². The number of imide groups is 2. The molecule has 1 aliphatic rings. The molecule has 0 unspecified atom stereocenters. The summed E-state index contributed by atoms with van der Waals surface area (Å²) in [6.07, 6.45) is 1.35. The molecular weight excluding hydrogens is 614 g/mol. The molecule has 1 N–H and O–H groups in total. The number of hydrogen-bond donors (Lipinski definition) is 1. The van der Waals surface area contributed by atoms with Crippen LogP contribution in [0.2, 0.25) is 0 Å². The van der Waals surface area contributed by atoms with Crippen LogP contribution in [0, 0.1) is 10.1 Å². The molecule has 0 bridgehead atoms. The molecule has 4 amide bonds. The molecule has 1 fully saturated rings. The highest BCUT2D eigenvalue weighted by atomic mass is 79.9. The third-order valence-corrected chi connectivity index (χ3v) is 6.53. The minimum atomic E-state index is -0.846. The fourth-order valence-electron chi connectivity index (χ4n) is 3.45. The molecule has 188 valence electrons. The minimum absolute atomic E-state index is 0.0249. The van der Waals surface area contributed by atoms with E-state index in [-0.39, 0.29) is 17.9 Å². The van der Waals surface area contributed by atoms with Gasteiger partial charge in [-0.1, -0.05) is 31.9 Å². The van der Waals surface area contributed by atoms with Gasteiger partial charge in [-0.25, -0.2) is 9.69 Å². The Morgan fingerprint density at radius 2 is 1.68 bits per heavy atom. The van der Waals surface area contributed by atoms with Crippen LogP contribution in [0.3, 0.4) is 0 Å². The number of methoxy groups -OCH3 is 1. The van der Waals surface area contributed by atoms with E-state index in [2.05, 4.69) is 37.2 Å². The molecule has 4 rings (SSSR count). The van der Waals surface area contributed by atoms with Gasteiger partial charge in [-0.05, 0) is 65.7 Å². The molecule has 10 nitrogen and oxygen atoms in total. The Morgan fingerprint density at radius 1 is 1.00 bits per heavy atom. The Balaban J connectivity index is 1.60. The fraction of sp³-hybridized carbons (Fsp3) is 0.0800. The van der Waals surface area contributed by atoms with Gasteiger partial charge in [0.1, 0.15) is 12.2 Å². The van der Waals surface area contributed by atoms with Gasteiger partial charge in [-0.15, -0.1) is 0 Å². The van der Waals surface area contributed by atoms with Crippen LogP contribution in [0.25, 0.3) is 6.08 Å². The van der Waals surface area contributed by atoms with Crippen LogP contribution in [-0.2, 0) is 16.2 Å². The number of nitro groups is 1. The number of halogens is 2. The average Bonchev–Trinajstić information content (AvgIpc) is 2.87. The van der Waals surface area contributed by atoms with Gasteiger partial charge < -0.3 is 9.47 Å². The lowest BCUT2D eigenvalue weighted by molar-refractivity contribution is -0.384. The molecule has 1 heterocycles. The van der Waals surface area contributed by atoms with Gasteiger partial charge in [0.2, 0.25) is 0 Å². The van der Waals surface area contributed by atoms with Crippen molar-refractivity contribution in [3.05, 3.63) is 96.4 Å². The van der Waals surface area contributed by atoms with Crippen molar-refractivity contribution in [1.29, 1.82) is 0 Å². The number of rotatable bonds is 7. The summed E-state index contributed by atoms with van der Waals surface area (Å²) in [7, 11) is 1.44. The lowest BCUT2D eigenvalue weighted by Crippen LogP contribution is -2.54. The van der Waals surface area contributed by atoms with E-state index < -0.39 is 22.8 Å². The van der Waals surface area contributed by atoms with Crippen molar-refractivity contribution in [2.45, 2.75) is 6.61 Å². The van der Waals surface area contributed by atoms with Crippen LogP contribution in [0.15, 0.2) is 75.2 Å². The van der Waals surface area contributed by atoms with Gasteiger partial charge in [0.15, 0.2) is 11.5 Å². The van der Waals surface area contributed by atoms with E-state index in [1.165, 1.54) is 25.3 Å². The number of barbiturate groups is 1. The fourth-order valence-corrected chi connectivity index (χ4v) is 4.15. The number of carbonyl (C=O) groups excluding carboxylic acids is 3. The van der Waals surface area contributed by atoms with Gasteiger partial charge in [-0.3, -0.25) is 25.0 Å². The molecule has 0 saturated carbocycles. The third kappa shape index (κ3) is 5.70. The highest BCUT2D eigenvalue weighted by molar-refractivity contribution is 9.10. The quantitative estimate of drug-likeness (QED) is 0.161. The number of hydrogen-bond acceptors (Lipinski definition) is 7. The van der Waals surface area contributed by atoms with E-state index in [9.17, 15) is 24.5 Å². The Morgan fingerprint density at radius 3 is 2.30 bits per heavy atom. The summed E-state index contributed by atoms with van der Waals surface area (Å²) in [5.74, 6) is -0.921. The van der Waals surface area contributed by atoms with E-state index in [4.69, 9.17) is 9.47 Å². The number of anilines is 1. The summed E-state index contributed by atoms with van der Waals surface area (Å²) < 4.78 is 12.5. The van der Waals surface area contributed by atoms with Crippen LogP contribution < -0.4 is 19.7 Å². The molecule has 1 saturated heterocycles. The second-order valence-corrected chi connectivity index (χ2v) is 9.44. The average molecular weight is 631 g/mol. The molecule has 0 aromatic heterocycles. The van der Waals surface area contributed by atoms with Gasteiger partial charge >= 0.3 is 6.03 Å². The van der Waals surface area contributed by atoms with Crippen molar-refractivity contribution in [3.8, 4) is 11.5 Å². The normalized spacial score (nSPS) is 14.5. The molecule has 0 atom stereocenters. The Bertz CT molecular complexity index is 1440. The number of urea groups is 1. The van der Waals surface area contributed by atoms with Crippen molar-refractivity contribution in [1.82, 2.24) is 5.32 Å². The van der Waals surface area contributed by atoms with Crippen LogP contribution in [-0.4, -0.2) is 29.9 Å². The highest BCUT2D eigenvalue weighted by Crippen LogP contribution is 2.36. The summed E-state index contributed by atoms with van der Waals surface area (Å²) >= 11 is 6.73. The topological polar surface area (TPSA) is 128 Å². The zero-order valence-electron chi connectivity index (χ0n) is 19.1. The second-order valence-electron chi connectivity index (χ2n) is 7.67. The number of non-ortho nitro benzene ring substituents is 1. The minimum Gasteiger partial charge on any atom is -0.493 e. The largest absolute Gasteiger partial charge is 0.493 e. The van der Waals surface area contributed by atoms with E-state index in [0.717, 1.165) is 9.37 Å². The first-order valence-electron chi connectivity index (χ1n) is 10.6. The van der Waals surface area contributed by atoms with Crippen molar-refractivity contribution < 1.29 is 28.8 Å². The van der Waals surface area contributed by atoms with Gasteiger partial charge in [-0.2, -0.15) is 0 Å². The molecule has 37 heavy (non-hydrogen) atoms. The standard InChI is InChI=1S/C25H17Br2N3O7/c1-36-21-11-15(20(27)12-22(21)37-13-14-2-6-18(7-3-14)30(34)35)10-19-23(31)28-25(33)29(24(19)32)17-8-4-16(26)5-9-17/h2-12H,13H2,1H3,(H,28,31,33)/b19-10+. The number of benzene rings is 3. The predicted octanol–water partition coefficient (Wildman–Crippen LogP) is 5.37. The van der Waals surface area contributed by atoms with Crippen LogP contribution in [0.5, 0.6) is 11.5 Å². The number of nitrogens with zero attached hydrogens (tertiary/aromatic N) is 2. The predicted molar refractivity (Wildman–Crippen MR) is 141 cm³/mol. The SMILES string of the molecule is COc1cc(/C=C2\C(=O)NC(=O)N(c3ccc(Br)cc3)C2=O)c(Br)cc1OCc1ccc([N+](=O)[O-])cc1. The first-order chi connectivity index (χ1) is 17.7. The number of amides is 4. The van der Waals surface area contributed by atoms with Crippen LogP contribution >= 0.6 is 31.9 Å². The first kappa shape index (κ1) is 26.0. The summed E-state index contributed by atoms with van der Waals surface area (Å²) in [6, 6.07) is 14.8. The maximum absolute atomic E-state index is 13.1. The highest BCUT2D eigenvalue weighted by Gasteiger charge is 2.37. The Kier molecular flexibility index (Phi) is 7.69. The smallest absolute Gasteiger partial charge is 0.335 e. The van der Waals surface area contributed by atoms with Crippen molar-refractivity contribution in [3.63, 3.8) is 0 Å². The van der Waals surface area contributed by atoms with E-state index in [1.54, 1.807) is 48.5 Å². The van der Waals surface area contributed by atoms with Crippen molar-refractivity contribution in [2.75, 3.05) is 12.0 Å². The maximum Gasteiger partial charge on any atom is 0.335 e. The van der Waals surface area contributed by atoms with Crippen LogP contribution in [0.1, 0.15) is 11.1 Å². The first-order valence-corrected chi connectivity index (χ1v) is 12.2. The zero-order chi connectivity index (χ0) is 26.7. The number of carbonyl (C=O) groups is 3. The second kappa shape index (κ2) is 10.9. The van der Waals surface area contributed by atoms with E-state index in [1.807, 2.05) is 0 Å². The summed E-state index contributed by atoms with van der Waals surface area (Å²) in [6.45, 7) is 0.117. The third-order valence-electron chi connectivity index (χ3n) is 5.31. The van der Waals surface area contributed by atoms with E-state index >= 15 is 0 Å². The zero-order valence-corrected chi connectivity index (χ0v) is 22.2. The molecule has 1 aliphatic heterocycles. The lowest BCUT2D eigenvalue weighted by Gasteiger charge is -2.26. The molecular formula is C25H17Br2N3O7. The van der Waals surface area contributed by atoms with Gasteiger partial charge in [0.25, 0.3) is 17.5 Å². The summed E-state index contributed by atoms with van der Waals surface area (Å²) in [5.41, 5.74) is 1.17.